The van der Waals surface area contributed by atoms with E-state index in [0.717, 1.165) is 22.4 Å². The zero-order valence-corrected chi connectivity index (χ0v) is 18.3. The highest BCUT2D eigenvalue weighted by atomic mass is 32.2. The van der Waals surface area contributed by atoms with Crippen LogP contribution in [0.5, 0.6) is 0 Å². The van der Waals surface area contributed by atoms with Crippen LogP contribution >= 0.6 is 11.5 Å². The van der Waals surface area contributed by atoms with E-state index in [1.54, 1.807) is 12.1 Å². The summed E-state index contributed by atoms with van der Waals surface area (Å²) in [5.41, 5.74) is 2.09. The van der Waals surface area contributed by atoms with Gasteiger partial charge in [-0.2, -0.15) is 8.68 Å². The van der Waals surface area contributed by atoms with Gasteiger partial charge in [-0.1, -0.05) is 0 Å². The van der Waals surface area contributed by atoms with Gasteiger partial charge in [0, 0.05) is 31.7 Å². The zero-order chi connectivity index (χ0) is 22.3. The van der Waals surface area contributed by atoms with Gasteiger partial charge in [-0.3, -0.25) is 0 Å². The standard InChI is InChI=1S/C21H17F2N5O2S2/c22-15-3-1-14(2-4-15)18-19-20(31-26-18)21(25-13-24-19)27-9-11-28(12-10-27)32(29,30)17-7-5-16(23)6-8-17/h1-8,13H,9-12H2. The Balaban J connectivity index is 1.38. The van der Waals surface area contributed by atoms with Crippen LogP contribution in [0.3, 0.4) is 0 Å². The largest absolute Gasteiger partial charge is 0.353 e. The Morgan fingerprint density at radius 3 is 2.12 bits per heavy atom. The second kappa shape index (κ2) is 8.15. The lowest BCUT2D eigenvalue weighted by atomic mass is 10.1. The fourth-order valence-corrected chi connectivity index (χ4v) is 5.97. The lowest BCUT2D eigenvalue weighted by Gasteiger charge is -2.34. The molecule has 2 aromatic heterocycles. The highest BCUT2D eigenvalue weighted by Crippen LogP contribution is 2.34. The number of anilines is 1. The Morgan fingerprint density at radius 1 is 0.844 bits per heavy atom. The first-order valence-corrected chi connectivity index (χ1v) is 12.0. The molecule has 0 radical (unpaired) electrons. The number of piperazine rings is 1. The maximum absolute atomic E-state index is 13.3. The lowest BCUT2D eigenvalue weighted by molar-refractivity contribution is 0.384. The number of benzene rings is 2. The van der Waals surface area contributed by atoms with Crippen molar-refractivity contribution in [2.75, 3.05) is 31.1 Å². The maximum atomic E-state index is 13.3. The average molecular weight is 474 g/mol. The van der Waals surface area contributed by atoms with Crippen LogP contribution in [0.4, 0.5) is 14.6 Å². The third-order valence-corrected chi connectivity index (χ3v) is 8.09. The van der Waals surface area contributed by atoms with Gasteiger partial charge in [0.05, 0.1) is 4.90 Å². The molecule has 0 spiro atoms. The summed E-state index contributed by atoms with van der Waals surface area (Å²) in [7, 11) is -3.70. The van der Waals surface area contributed by atoms with Crippen LogP contribution in [0.2, 0.25) is 0 Å². The van der Waals surface area contributed by atoms with Gasteiger partial charge in [0.25, 0.3) is 0 Å². The molecule has 1 aliphatic rings. The molecule has 1 fully saturated rings. The zero-order valence-electron chi connectivity index (χ0n) is 16.6. The van der Waals surface area contributed by atoms with Gasteiger partial charge in [-0.05, 0) is 60.1 Å². The highest BCUT2D eigenvalue weighted by Gasteiger charge is 2.30. The Bertz CT molecular complexity index is 1370. The molecular weight excluding hydrogens is 456 g/mol. The summed E-state index contributed by atoms with van der Waals surface area (Å²) in [4.78, 5) is 10.9. The van der Waals surface area contributed by atoms with Gasteiger partial charge in [0.2, 0.25) is 10.0 Å². The van der Waals surface area contributed by atoms with Gasteiger partial charge >= 0.3 is 0 Å². The molecule has 2 aromatic carbocycles. The molecule has 3 heterocycles. The normalized spacial score (nSPS) is 15.4. The summed E-state index contributed by atoms with van der Waals surface area (Å²) in [5, 5.41) is 0. The molecule has 32 heavy (non-hydrogen) atoms. The molecule has 164 valence electrons. The molecule has 1 aliphatic heterocycles. The molecule has 0 bridgehead atoms. The first kappa shape index (κ1) is 20.9. The average Bonchev–Trinajstić information content (AvgIpc) is 3.24. The third-order valence-electron chi connectivity index (χ3n) is 5.34. The smallest absolute Gasteiger partial charge is 0.243 e. The van der Waals surface area contributed by atoms with Crippen LogP contribution in [0.25, 0.3) is 21.5 Å². The van der Waals surface area contributed by atoms with Crippen molar-refractivity contribution in [3.8, 4) is 11.3 Å². The first-order chi connectivity index (χ1) is 15.4. The topological polar surface area (TPSA) is 79.3 Å². The summed E-state index contributed by atoms with van der Waals surface area (Å²) in [6.07, 6.45) is 1.46. The highest BCUT2D eigenvalue weighted by molar-refractivity contribution is 7.89. The van der Waals surface area contributed by atoms with Crippen molar-refractivity contribution in [3.05, 3.63) is 66.5 Å². The van der Waals surface area contributed by atoms with E-state index in [0.29, 0.717) is 30.1 Å². The Morgan fingerprint density at radius 2 is 1.47 bits per heavy atom. The number of fused-ring (bicyclic) bond motifs is 1. The summed E-state index contributed by atoms with van der Waals surface area (Å²) in [6, 6.07) is 10.9. The molecule has 11 heteroatoms. The minimum atomic E-state index is -3.70. The number of sulfonamides is 1. The van der Waals surface area contributed by atoms with Crippen molar-refractivity contribution in [2.45, 2.75) is 4.90 Å². The minimum Gasteiger partial charge on any atom is -0.353 e. The van der Waals surface area contributed by atoms with Crippen LogP contribution in [0.15, 0.2) is 59.8 Å². The van der Waals surface area contributed by atoms with Gasteiger partial charge < -0.3 is 4.90 Å². The molecule has 0 saturated carbocycles. The van der Waals surface area contributed by atoms with E-state index in [9.17, 15) is 17.2 Å². The first-order valence-electron chi connectivity index (χ1n) is 9.80. The fraction of sp³-hybridized carbons (Fsp3) is 0.190. The summed E-state index contributed by atoms with van der Waals surface area (Å²) < 4.78 is 58.9. The third kappa shape index (κ3) is 3.72. The van der Waals surface area contributed by atoms with Crippen LogP contribution in [-0.4, -0.2) is 53.2 Å². The summed E-state index contributed by atoms with van der Waals surface area (Å²) >= 11 is 1.26. The van der Waals surface area contributed by atoms with Crippen molar-refractivity contribution in [1.82, 2.24) is 18.6 Å². The van der Waals surface area contributed by atoms with E-state index in [-0.39, 0.29) is 23.8 Å². The second-order valence-electron chi connectivity index (χ2n) is 7.26. The molecule has 5 rings (SSSR count). The van der Waals surface area contributed by atoms with Gasteiger partial charge in [-0.25, -0.2) is 27.2 Å². The molecular formula is C21H17F2N5O2S2. The van der Waals surface area contributed by atoms with Crippen LogP contribution < -0.4 is 4.90 Å². The van der Waals surface area contributed by atoms with E-state index in [4.69, 9.17) is 0 Å². The maximum Gasteiger partial charge on any atom is 0.243 e. The molecule has 0 atom stereocenters. The Hall–Kier alpha value is -3.02. The molecule has 0 amide bonds. The van der Waals surface area contributed by atoms with Crippen LogP contribution in [0, 0.1) is 11.6 Å². The molecule has 7 nitrogen and oxygen atoms in total. The van der Waals surface area contributed by atoms with E-state index >= 15 is 0 Å². The molecule has 0 unspecified atom stereocenters. The number of halogens is 2. The monoisotopic (exact) mass is 473 g/mol. The van der Waals surface area contributed by atoms with E-state index in [1.165, 1.54) is 46.4 Å². The van der Waals surface area contributed by atoms with E-state index in [1.807, 2.05) is 4.90 Å². The molecule has 1 saturated heterocycles. The number of rotatable bonds is 4. The summed E-state index contributed by atoms with van der Waals surface area (Å²) in [5.74, 6) is -0.108. The Kier molecular flexibility index (Phi) is 5.31. The predicted molar refractivity (Wildman–Crippen MR) is 118 cm³/mol. The molecule has 0 N–H and O–H groups in total. The van der Waals surface area contributed by atoms with Crippen molar-refractivity contribution in [2.24, 2.45) is 0 Å². The minimum absolute atomic E-state index is 0.0724. The fourth-order valence-electron chi connectivity index (χ4n) is 3.67. The van der Waals surface area contributed by atoms with Gasteiger partial charge in [-0.15, -0.1) is 0 Å². The van der Waals surface area contributed by atoms with Crippen molar-refractivity contribution >= 4 is 37.6 Å². The number of nitrogens with zero attached hydrogens (tertiary/aromatic N) is 5. The second-order valence-corrected chi connectivity index (χ2v) is 9.97. The Labute approximate surface area is 187 Å². The predicted octanol–water partition coefficient (Wildman–Crippen LogP) is 3.54. The quantitative estimate of drug-likeness (QED) is 0.451. The molecule has 4 aromatic rings. The van der Waals surface area contributed by atoms with Crippen LogP contribution in [0.1, 0.15) is 0 Å². The molecule has 0 aliphatic carbocycles. The van der Waals surface area contributed by atoms with Crippen molar-refractivity contribution < 1.29 is 17.2 Å². The number of hydrogen-bond donors (Lipinski definition) is 0. The van der Waals surface area contributed by atoms with Crippen molar-refractivity contribution in [3.63, 3.8) is 0 Å². The van der Waals surface area contributed by atoms with Gasteiger partial charge in [0.1, 0.15) is 33.9 Å². The SMILES string of the molecule is O=S(=O)(c1ccc(F)cc1)N1CCN(c2ncnc3c(-c4ccc(F)cc4)nsc23)CC1. The number of aromatic nitrogens is 3. The summed E-state index contributed by atoms with van der Waals surface area (Å²) in [6.45, 7) is 1.43. The van der Waals surface area contributed by atoms with E-state index in [2.05, 4.69) is 14.3 Å². The number of hydrogen-bond acceptors (Lipinski definition) is 7. The van der Waals surface area contributed by atoms with Crippen molar-refractivity contribution in [1.29, 1.82) is 0 Å². The van der Waals surface area contributed by atoms with Crippen LogP contribution in [-0.2, 0) is 10.0 Å². The van der Waals surface area contributed by atoms with Gasteiger partial charge in [0.15, 0.2) is 5.82 Å². The lowest BCUT2D eigenvalue weighted by Crippen LogP contribution is -2.48. The van der Waals surface area contributed by atoms with E-state index < -0.39 is 15.8 Å².